The Bertz CT molecular complexity index is 331. The Morgan fingerprint density at radius 2 is 2.06 bits per heavy atom. The summed E-state index contributed by atoms with van der Waals surface area (Å²) < 4.78 is 0. The summed E-state index contributed by atoms with van der Waals surface area (Å²) >= 11 is 1.54. The Balaban J connectivity index is 0. The highest BCUT2D eigenvalue weighted by atomic mass is 35.5. The summed E-state index contributed by atoms with van der Waals surface area (Å²) in [5, 5.41) is 8.58. The first-order valence-electron chi connectivity index (χ1n) is 5.03. The SMILES string of the molecule is CNCCNC(=O)c1csc(C(C)C)n1.Cl.Cl. The van der Waals surface area contributed by atoms with Crippen molar-refractivity contribution in [1.82, 2.24) is 15.6 Å². The van der Waals surface area contributed by atoms with Crippen LogP contribution in [-0.2, 0) is 0 Å². The normalized spacial score (nSPS) is 9.41. The van der Waals surface area contributed by atoms with Crippen LogP contribution in [0.4, 0.5) is 0 Å². The number of rotatable bonds is 5. The van der Waals surface area contributed by atoms with Crippen LogP contribution in [0.5, 0.6) is 0 Å². The van der Waals surface area contributed by atoms with Crippen LogP contribution < -0.4 is 10.6 Å². The molecular weight excluding hydrogens is 281 g/mol. The van der Waals surface area contributed by atoms with Gasteiger partial charge in [0.2, 0.25) is 0 Å². The lowest BCUT2D eigenvalue weighted by atomic mass is 10.2. The number of amides is 1. The summed E-state index contributed by atoms with van der Waals surface area (Å²) in [5.41, 5.74) is 0.528. The van der Waals surface area contributed by atoms with Crippen molar-refractivity contribution in [2.24, 2.45) is 0 Å². The molecule has 0 saturated heterocycles. The predicted octanol–water partition coefficient (Wildman–Crippen LogP) is 2.06. The third kappa shape index (κ3) is 6.21. The lowest BCUT2D eigenvalue weighted by molar-refractivity contribution is 0.0949. The third-order valence-electron chi connectivity index (χ3n) is 1.91. The number of carbonyl (C=O) groups excluding carboxylic acids is 1. The Hall–Kier alpha value is -0.360. The summed E-state index contributed by atoms with van der Waals surface area (Å²) in [4.78, 5) is 15.8. The van der Waals surface area contributed by atoms with Crippen molar-refractivity contribution < 1.29 is 4.79 Å². The highest BCUT2D eigenvalue weighted by Crippen LogP contribution is 2.18. The molecule has 0 saturated carbocycles. The van der Waals surface area contributed by atoms with E-state index in [1.54, 1.807) is 0 Å². The molecule has 4 nitrogen and oxygen atoms in total. The van der Waals surface area contributed by atoms with Crippen molar-refractivity contribution in [1.29, 1.82) is 0 Å². The van der Waals surface area contributed by atoms with E-state index in [1.807, 2.05) is 12.4 Å². The zero-order valence-corrected chi connectivity index (χ0v) is 12.6. The molecule has 0 spiro atoms. The molecule has 2 N–H and O–H groups in total. The van der Waals surface area contributed by atoms with Crippen LogP contribution >= 0.6 is 36.2 Å². The molecule has 0 atom stereocenters. The molecule has 0 radical (unpaired) electrons. The minimum absolute atomic E-state index is 0. The van der Waals surface area contributed by atoms with E-state index < -0.39 is 0 Å². The van der Waals surface area contributed by atoms with Gasteiger partial charge in [-0.3, -0.25) is 4.79 Å². The van der Waals surface area contributed by atoms with Crippen molar-refractivity contribution in [2.45, 2.75) is 19.8 Å². The number of halogens is 2. The maximum absolute atomic E-state index is 11.6. The second-order valence-electron chi connectivity index (χ2n) is 3.59. The average Bonchev–Trinajstić information content (AvgIpc) is 2.66. The molecule has 0 aliphatic heterocycles. The number of hydrogen-bond donors (Lipinski definition) is 2. The molecule has 7 heteroatoms. The molecule has 17 heavy (non-hydrogen) atoms. The van der Waals surface area contributed by atoms with E-state index in [1.165, 1.54) is 11.3 Å². The van der Waals surface area contributed by atoms with Crippen LogP contribution in [0.2, 0.25) is 0 Å². The van der Waals surface area contributed by atoms with E-state index in [9.17, 15) is 4.79 Å². The molecular formula is C10H19Cl2N3OS. The van der Waals surface area contributed by atoms with Crippen molar-refractivity contribution in [3.8, 4) is 0 Å². The van der Waals surface area contributed by atoms with Crippen molar-refractivity contribution in [2.75, 3.05) is 20.1 Å². The van der Waals surface area contributed by atoms with Gasteiger partial charge in [0.1, 0.15) is 5.69 Å². The lowest BCUT2D eigenvalue weighted by Gasteiger charge is -2.01. The van der Waals surface area contributed by atoms with Crippen LogP contribution in [0.15, 0.2) is 5.38 Å². The van der Waals surface area contributed by atoms with E-state index in [2.05, 4.69) is 29.5 Å². The summed E-state index contributed by atoms with van der Waals surface area (Å²) in [6.07, 6.45) is 0. The Morgan fingerprint density at radius 1 is 1.41 bits per heavy atom. The molecule has 1 aromatic rings. The molecule has 0 aromatic carbocycles. The number of hydrogen-bond acceptors (Lipinski definition) is 4. The van der Waals surface area contributed by atoms with E-state index >= 15 is 0 Å². The maximum Gasteiger partial charge on any atom is 0.270 e. The fourth-order valence-electron chi connectivity index (χ4n) is 1.05. The fraction of sp³-hybridized carbons (Fsp3) is 0.600. The first-order valence-corrected chi connectivity index (χ1v) is 5.91. The zero-order chi connectivity index (χ0) is 11.3. The maximum atomic E-state index is 11.6. The molecule has 1 rings (SSSR count). The van der Waals surface area contributed by atoms with E-state index in [4.69, 9.17) is 0 Å². The van der Waals surface area contributed by atoms with E-state index in [0.717, 1.165) is 11.6 Å². The van der Waals surface area contributed by atoms with Gasteiger partial charge in [-0.15, -0.1) is 36.2 Å². The highest BCUT2D eigenvalue weighted by molar-refractivity contribution is 7.09. The molecule has 0 aliphatic rings. The predicted molar refractivity (Wildman–Crippen MR) is 77.0 cm³/mol. The minimum atomic E-state index is -0.0894. The Labute approximate surface area is 118 Å². The molecule has 100 valence electrons. The standard InChI is InChI=1S/C10H17N3OS.2ClH/c1-7(2)10-13-8(6-15-10)9(14)12-5-4-11-3;;/h6-7,11H,4-5H2,1-3H3,(H,12,14);2*1H. The van der Waals surface area contributed by atoms with Crippen LogP contribution in [-0.4, -0.2) is 31.0 Å². The summed E-state index contributed by atoms with van der Waals surface area (Å²) in [7, 11) is 1.85. The molecule has 1 aromatic heterocycles. The van der Waals surface area contributed by atoms with Gasteiger partial charge in [0.05, 0.1) is 5.01 Å². The number of aromatic nitrogens is 1. The summed E-state index contributed by atoms with van der Waals surface area (Å²) in [6.45, 7) is 5.54. The van der Waals surface area contributed by atoms with Crippen molar-refractivity contribution in [3.63, 3.8) is 0 Å². The number of likely N-dealkylation sites (N-methyl/N-ethyl adjacent to an activating group) is 1. The lowest BCUT2D eigenvalue weighted by Crippen LogP contribution is -2.30. The van der Waals surface area contributed by atoms with Gasteiger partial charge in [0.15, 0.2) is 0 Å². The molecule has 0 unspecified atom stereocenters. The third-order valence-corrected chi connectivity index (χ3v) is 3.05. The molecule has 0 fully saturated rings. The van der Waals surface area contributed by atoms with Gasteiger partial charge in [-0.25, -0.2) is 4.98 Å². The first-order chi connectivity index (χ1) is 7.15. The van der Waals surface area contributed by atoms with E-state index in [-0.39, 0.29) is 30.7 Å². The average molecular weight is 300 g/mol. The second-order valence-corrected chi connectivity index (χ2v) is 4.47. The number of carbonyl (C=O) groups is 1. The van der Waals surface area contributed by atoms with Crippen LogP contribution in [0.25, 0.3) is 0 Å². The van der Waals surface area contributed by atoms with Crippen molar-refractivity contribution >= 4 is 42.1 Å². The zero-order valence-electron chi connectivity index (χ0n) is 10.1. The minimum Gasteiger partial charge on any atom is -0.349 e. The van der Waals surface area contributed by atoms with Crippen LogP contribution in [0.3, 0.4) is 0 Å². The summed E-state index contributed by atoms with van der Waals surface area (Å²) in [6, 6.07) is 0. The molecule has 0 aliphatic carbocycles. The Morgan fingerprint density at radius 3 is 2.53 bits per heavy atom. The highest BCUT2D eigenvalue weighted by Gasteiger charge is 2.11. The number of nitrogens with zero attached hydrogens (tertiary/aromatic N) is 1. The molecule has 0 bridgehead atoms. The summed E-state index contributed by atoms with van der Waals surface area (Å²) in [5.74, 6) is 0.294. The molecule has 1 amide bonds. The van der Waals surface area contributed by atoms with Crippen LogP contribution in [0, 0.1) is 0 Å². The van der Waals surface area contributed by atoms with Crippen molar-refractivity contribution in [3.05, 3.63) is 16.1 Å². The number of nitrogens with one attached hydrogen (secondary N) is 2. The van der Waals surface area contributed by atoms with Gasteiger partial charge in [0.25, 0.3) is 5.91 Å². The van der Waals surface area contributed by atoms with Gasteiger partial charge >= 0.3 is 0 Å². The Kier molecular flexibility index (Phi) is 10.8. The largest absolute Gasteiger partial charge is 0.349 e. The van der Waals surface area contributed by atoms with Crippen LogP contribution in [0.1, 0.15) is 35.3 Å². The number of thiazole rings is 1. The van der Waals surface area contributed by atoms with Gasteiger partial charge in [-0.05, 0) is 7.05 Å². The fourth-order valence-corrected chi connectivity index (χ4v) is 1.86. The quantitative estimate of drug-likeness (QED) is 0.818. The van der Waals surface area contributed by atoms with E-state index in [0.29, 0.717) is 18.2 Å². The smallest absolute Gasteiger partial charge is 0.270 e. The monoisotopic (exact) mass is 299 g/mol. The second kappa shape index (κ2) is 9.65. The molecule has 1 heterocycles. The van der Waals surface area contributed by atoms with Gasteiger partial charge in [-0.2, -0.15) is 0 Å². The first kappa shape index (κ1) is 19.0. The topological polar surface area (TPSA) is 54.0 Å². The van der Waals surface area contributed by atoms with Gasteiger partial charge in [-0.1, -0.05) is 13.8 Å². The van der Waals surface area contributed by atoms with Gasteiger partial charge in [0, 0.05) is 24.4 Å². The van der Waals surface area contributed by atoms with Gasteiger partial charge < -0.3 is 10.6 Å².